The van der Waals surface area contributed by atoms with Crippen LogP contribution in [0.5, 0.6) is 0 Å². The lowest BCUT2D eigenvalue weighted by Crippen LogP contribution is -2.38. The number of nitrogens with zero attached hydrogens (tertiary/aromatic N) is 2. The van der Waals surface area contributed by atoms with Crippen LogP contribution < -0.4 is 10.6 Å². The summed E-state index contributed by atoms with van der Waals surface area (Å²) in [6, 6.07) is 15.0. The van der Waals surface area contributed by atoms with Crippen molar-refractivity contribution < 1.29 is 4.74 Å². The number of ether oxygens (including phenoxy) is 1. The first-order chi connectivity index (χ1) is 15.2. The summed E-state index contributed by atoms with van der Waals surface area (Å²) in [6.07, 6.45) is 3.07. The molecule has 1 saturated heterocycles. The van der Waals surface area contributed by atoms with Crippen molar-refractivity contribution in [3.63, 3.8) is 0 Å². The molecular formula is C25H34IN5O. The maximum absolute atomic E-state index is 5.48. The molecular weight excluding hydrogens is 513 g/mol. The van der Waals surface area contributed by atoms with Gasteiger partial charge in [0.05, 0.1) is 13.2 Å². The third kappa shape index (κ3) is 6.24. The Morgan fingerprint density at radius 2 is 1.81 bits per heavy atom. The van der Waals surface area contributed by atoms with E-state index in [0.717, 1.165) is 58.3 Å². The molecule has 0 saturated carbocycles. The normalized spacial score (nSPS) is 14.9. The minimum atomic E-state index is 0. The van der Waals surface area contributed by atoms with Gasteiger partial charge in [0.15, 0.2) is 5.96 Å². The molecule has 0 radical (unpaired) electrons. The zero-order valence-corrected chi connectivity index (χ0v) is 21.3. The Morgan fingerprint density at radius 1 is 1.03 bits per heavy atom. The third-order valence-electron chi connectivity index (χ3n) is 5.97. The van der Waals surface area contributed by atoms with Crippen molar-refractivity contribution in [3.05, 3.63) is 70.9 Å². The van der Waals surface area contributed by atoms with Gasteiger partial charge in [0.25, 0.3) is 0 Å². The van der Waals surface area contributed by atoms with Crippen LogP contribution in [0, 0.1) is 6.92 Å². The summed E-state index contributed by atoms with van der Waals surface area (Å²) in [6.45, 7) is 8.37. The number of aromatic amines is 1. The number of morpholine rings is 1. The van der Waals surface area contributed by atoms with Crippen LogP contribution in [0.4, 0.5) is 0 Å². The molecule has 7 heteroatoms. The minimum Gasteiger partial charge on any atom is -0.379 e. The maximum atomic E-state index is 5.48. The molecule has 0 aliphatic carbocycles. The summed E-state index contributed by atoms with van der Waals surface area (Å²) < 4.78 is 5.48. The summed E-state index contributed by atoms with van der Waals surface area (Å²) in [4.78, 5) is 10.2. The summed E-state index contributed by atoms with van der Waals surface area (Å²) >= 11 is 0. The van der Waals surface area contributed by atoms with E-state index in [-0.39, 0.29) is 24.0 Å². The van der Waals surface area contributed by atoms with Crippen molar-refractivity contribution in [2.45, 2.75) is 26.4 Å². The number of aliphatic imine (C=N–C) groups is 1. The van der Waals surface area contributed by atoms with Crippen molar-refractivity contribution in [1.29, 1.82) is 0 Å². The number of benzene rings is 2. The highest BCUT2D eigenvalue weighted by Gasteiger charge is 2.13. The van der Waals surface area contributed by atoms with Crippen LogP contribution >= 0.6 is 24.0 Å². The third-order valence-corrected chi connectivity index (χ3v) is 5.97. The predicted octanol–water partition coefficient (Wildman–Crippen LogP) is 3.83. The maximum Gasteiger partial charge on any atom is 0.191 e. The van der Waals surface area contributed by atoms with Crippen LogP contribution in [0.3, 0.4) is 0 Å². The number of aryl methyl sites for hydroxylation is 1. The van der Waals surface area contributed by atoms with E-state index in [1.165, 1.54) is 33.2 Å². The standard InChI is InChI=1S/C25H33N5O.HI/c1-19-6-5-9-23-24(19)21(17-28-23)10-11-27-25(26-2)29-16-20-7-3-4-8-22(20)18-30-12-14-31-15-13-30;/h3-9,17,28H,10-16,18H2,1-2H3,(H2,26,27,29);1H. The SMILES string of the molecule is CN=C(NCCc1c[nH]c2cccc(C)c12)NCc1ccccc1CN1CCOCC1.I. The van der Waals surface area contributed by atoms with E-state index < -0.39 is 0 Å². The first kappa shape index (κ1) is 24.5. The smallest absolute Gasteiger partial charge is 0.191 e. The molecule has 0 amide bonds. The van der Waals surface area contributed by atoms with Gasteiger partial charge in [0.2, 0.25) is 0 Å². The Kier molecular flexibility index (Phi) is 9.37. The predicted molar refractivity (Wildman–Crippen MR) is 143 cm³/mol. The van der Waals surface area contributed by atoms with Gasteiger partial charge in [-0.05, 0) is 41.7 Å². The Labute approximate surface area is 207 Å². The lowest BCUT2D eigenvalue weighted by molar-refractivity contribution is 0.0341. The largest absolute Gasteiger partial charge is 0.379 e. The van der Waals surface area contributed by atoms with Crippen LogP contribution in [0.2, 0.25) is 0 Å². The zero-order chi connectivity index (χ0) is 21.5. The van der Waals surface area contributed by atoms with Gasteiger partial charge < -0.3 is 20.4 Å². The minimum absolute atomic E-state index is 0. The molecule has 1 aliphatic heterocycles. The molecule has 0 spiro atoms. The molecule has 2 aromatic carbocycles. The molecule has 0 bridgehead atoms. The number of halogens is 1. The topological polar surface area (TPSA) is 64.7 Å². The van der Waals surface area contributed by atoms with Gasteiger partial charge in [-0.3, -0.25) is 9.89 Å². The van der Waals surface area contributed by atoms with Crippen molar-refractivity contribution in [1.82, 2.24) is 20.5 Å². The molecule has 3 N–H and O–H groups in total. The number of H-pyrrole nitrogens is 1. The molecule has 4 rings (SSSR count). The fourth-order valence-corrected chi connectivity index (χ4v) is 4.25. The van der Waals surface area contributed by atoms with Gasteiger partial charge in [0.1, 0.15) is 0 Å². The molecule has 32 heavy (non-hydrogen) atoms. The van der Waals surface area contributed by atoms with E-state index in [1.54, 1.807) is 0 Å². The molecule has 1 fully saturated rings. The summed E-state index contributed by atoms with van der Waals surface area (Å²) in [5.41, 5.74) is 6.53. The highest BCUT2D eigenvalue weighted by atomic mass is 127. The van der Waals surface area contributed by atoms with Crippen molar-refractivity contribution >= 4 is 40.8 Å². The summed E-state index contributed by atoms with van der Waals surface area (Å²) in [5, 5.41) is 8.28. The van der Waals surface area contributed by atoms with Crippen molar-refractivity contribution in [3.8, 4) is 0 Å². The zero-order valence-electron chi connectivity index (χ0n) is 19.0. The van der Waals surface area contributed by atoms with E-state index in [2.05, 4.69) is 81.1 Å². The Hall–Kier alpha value is -2.10. The first-order valence-corrected chi connectivity index (χ1v) is 11.1. The second-order valence-corrected chi connectivity index (χ2v) is 8.07. The fourth-order valence-electron chi connectivity index (χ4n) is 4.25. The quantitative estimate of drug-likeness (QED) is 0.239. The Bertz CT molecular complexity index is 1030. The van der Waals surface area contributed by atoms with Crippen LogP contribution in [0.1, 0.15) is 22.3 Å². The van der Waals surface area contributed by atoms with E-state index >= 15 is 0 Å². The molecule has 3 aromatic rings. The van der Waals surface area contributed by atoms with E-state index in [4.69, 9.17) is 4.74 Å². The monoisotopic (exact) mass is 547 g/mol. The van der Waals surface area contributed by atoms with Gasteiger partial charge in [-0.15, -0.1) is 24.0 Å². The average Bonchev–Trinajstić information content (AvgIpc) is 3.22. The number of guanidine groups is 1. The Morgan fingerprint density at radius 3 is 2.59 bits per heavy atom. The van der Waals surface area contributed by atoms with Crippen LogP contribution in [0.15, 0.2) is 53.7 Å². The lowest BCUT2D eigenvalue weighted by atomic mass is 10.1. The number of nitrogens with one attached hydrogen (secondary N) is 3. The summed E-state index contributed by atoms with van der Waals surface area (Å²) in [7, 11) is 1.82. The van der Waals surface area contributed by atoms with E-state index in [1.807, 2.05) is 7.05 Å². The fraction of sp³-hybridized carbons (Fsp3) is 0.400. The molecule has 0 atom stereocenters. The number of hydrogen-bond acceptors (Lipinski definition) is 3. The van der Waals surface area contributed by atoms with E-state index in [9.17, 15) is 0 Å². The molecule has 1 aromatic heterocycles. The molecule has 0 unspecified atom stereocenters. The van der Waals surface area contributed by atoms with Gasteiger partial charge in [-0.25, -0.2) is 0 Å². The van der Waals surface area contributed by atoms with Gasteiger partial charge in [-0.1, -0.05) is 36.4 Å². The second kappa shape index (κ2) is 12.2. The number of rotatable bonds is 7. The van der Waals surface area contributed by atoms with E-state index in [0.29, 0.717) is 0 Å². The molecule has 2 heterocycles. The van der Waals surface area contributed by atoms with Crippen LogP contribution in [-0.2, 0) is 24.2 Å². The van der Waals surface area contributed by atoms with Gasteiger partial charge >= 0.3 is 0 Å². The van der Waals surface area contributed by atoms with Crippen molar-refractivity contribution in [2.24, 2.45) is 4.99 Å². The lowest BCUT2D eigenvalue weighted by Gasteiger charge is -2.27. The molecule has 172 valence electrons. The molecule has 1 aliphatic rings. The summed E-state index contributed by atoms with van der Waals surface area (Å²) in [5.74, 6) is 0.831. The first-order valence-electron chi connectivity index (χ1n) is 11.1. The highest BCUT2D eigenvalue weighted by molar-refractivity contribution is 14.0. The van der Waals surface area contributed by atoms with Crippen molar-refractivity contribution in [2.75, 3.05) is 39.9 Å². The number of fused-ring (bicyclic) bond motifs is 1. The highest BCUT2D eigenvalue weighted by Crippen LogP contribution is 2.22. The van der Waals surface area contributed by atoms with Gasteiger partial charge in [-0.2, -0.15) is 0 Å². The number of hydrogen-bond donors (Lipinski definition) is 3. The second-order valence-electron chi connectivity index (χ2n) is 8.07. The van der Waals surface area contributed by atoms with Crippen LogP contribution in [0.25, 0.3) is 10.9 Å². The molecule has 6 nitrogen and oxygen atoms in total. The average molecular weight is 547 g/mol. The Balaban J connectivity index is 0.00000289. The van der Waals surface area contributed by atoms with Crippen LogP contribution in [-0.4, -0.2) is 55.7 Å². The van der Waals surface area contributed by atoms with Gasteiger partial charge in [0, 0.05) is 56.9 Å². The number of aromatic nitrogens is 1.